The van der Waals surface area contributed by atoms with E-state index in [1.54, 1.807) is 4.43 Å². The van der Waals surface area contributed by atoms with Crippen LogP contribution >= 0.6 is 12.4 Å². The van der Waals surface area contributed by atoms with Crippen LogP contribution in [-0.2, 0) is 0 Å². The Kier molecular flexibility index (Phi) is 7.71. The zero-order valence-corrected chi connectivity index (χ0v) is 9.46. The molecule has 0 spiro atoms. The first-order valence-electron chi connectivity index (χ1n) is 4.31. The van der Waals surface area contributed by atoms with E-state index in [2.05, 4.69) is 37.3 Å². The van der Waals surface area contributed by atoms with E-state index in [1.807, 2.05) is 0 Å². The summed E-state index contributed by atoms with van der Waals surface area (Å²) in [6.45, 7) is 2.25. The van der Waals surface area contributed by atoms with Gasteiger partial charge in [-0.1, -0.05) is 55.4 Å². The summed E-state index contributed by atoms with van der Waals surface area (Å²) in [7, 11) is 0. The molecule has 0 heterocycles. The Morgan fingerprint density at radius 3 is 2.42 bits per heavy atom. The van der Waals surface area contributed by atoms with Crippen molar-refractivity contribution in [3.8, 4) is 0 Å². The van der Waals surface area contributed by atoms with Gasteiger partial charge >= 0.3 is 0 Å². The van der Waals surface area contributed by atoms with Crippen molar-refractivity contribution in [2.24, 2.45) is 0 Å². The Labute approximate surface area is 87.5 Å². The van der Waals surface area contributed by atoms with Crippen molar-refractivity contribution in [2.75, 3.05) is 0 Å². The van der Waals surface area contributed by atoms with Gasteiger partial charge in [-0.3, -0.25) is 0 Å². The number of hydrogen-bond donors (Lipinski definition) is 0. The molecule has 0 unspecified atom stereocenters. The van der Waals surface area contributed by atoms with E-state index in [0.29, 0.717) is 15.2 Å². The van der Waals surface area contributed by atoms with Gasteiger partial charge in [-0.25, -0.2) is 0 Å². The van der Waals surface area contributed by atoms with Crippen molar-refractivity contribution in [1.29, 1.82) is 0 Å². The van der Waals surface area contributed by atoms with Crippen LogP contribution in [-0.4, -0.2) is 15.2 Å². The van der Waals surface area contributed by atoms with Gasteiger partial charge in [0.25, 0.3) is 0 Å². The van der Waals surface area contributed by atoms with Gasteiger partial charge in [0.05, 0.1) is 0 Å². The van der Waals surface area contributed by atoms with Crippen LogP contribution in [0.1, 0.15) is 19.8 Å². The zero-order chi connectivity index (χ0) is 7.94. The molecule has 1 aromatic rings. The number of rotatable bonds is 4. The van der Waals surface area contributed by atoms with Crippen LogP contribution in [0.2, 0.25) is 5.28 Å². The van der Waals surface area contributed by atoms with Crippen LogP contribution in [0.15, 0.2) is 30.3 Å². The second-order valence-corrected chi connectivity index (χ2v) is 4.41. The summed E-state index contributed by atoms with van der Waals surface area (Å²) in [5, 5.41) is 1.42. The molecule has 0 aromatic heterocycles. The lowest BCUT2D eigenvalue weighted by atomic mass is 10.4. The van der Waals surface area contributed by atoms with E-state index in [4.69, 9.17) is 0 Å². The van der Waals surface area contributed by atoms with Crippen LogP contribution in [0.4, 0.5) is 0 Å². The highest BCUT2D eigenvalue weighted by Gasteiger charge is 1.93. The van der Waals surface area contributed by atoms with E-state index >= 15 is 0 Å². The molecule has 0 N–H and O–H groups in total. The van der Waals surface area contributed by atoms with Crippen molar-refractivity contribution in [1.82, 2.24) is 0 Å². The fourth-order valence-electron chi connectivity index (χ4n) is 1.06. The lowest BCUT2D eigenvalue weighted by Gasteiger charge is -1.96. The lowest BCUT2D eigenvalue weighted by molar-refractivity contribution is 0.881. The second-order valence-electron chi connectivity index (χ2n) is 2.76. The quantitative estimate of drug-likeness (QED) is 0.514. The van der Waals surface area contributed by atoms with Crippen molar-refractivity contribution < 1.29 is 0 Å². The monoisotopic (exact) mass is 197 g/mol. The Hall–Kier alpha value is 0.0425. The maximum absolute atomic E-state index is 2.25. The molecule has 0 atom stereocenters. The van der Waals surface area contributed by atoms with Gasteiger partial charge in [-0.2, -0.15) is 0 Å². The van der Waals surface area contributed by atoms with Gasteiger partial charge < -0.3 is 0 Å². The van der Waals surface area contributed by atoms with Crippen molar-refractivity contribution >= 4 is 32.1 Å². The zero-order valence-electron chi connectivity index (χ0n) is 7.49. The van der Waals surface area contributed by atoms with E-state index in [9.17, 15) is 0 Å². The predicted octanol–water partition coefficient (Wildman–Crippen LogP) is 2.66. The molecule has 0 fully saturated rings. The third kappa shape index (κ3) is 4.83. The predicted molar refractivity (Wildman–Crippen MR) is 58.8 cm³/mol. The summed E-state index contributed by atoms with van der Waals surface area (Å²) in [6.07, 6.45) is 2.73. The fraction of sp³-hybridized carbons (Fsp3) is 0.400. The molecule has 0 aliphatic rings. The molecule has 1 radical (unpaired) electrons. The molecule has 0 saturated carbocycles. The molecule has 2 heteroatoms. The van der Waals surface area contributed by atoms with Crippen LogP contribution < -0.4 is 4.43 Å². The molecule has 1 aromatic carbocycles. The van der Waals surface area contributed by atoms with Crippen molar-refractivity contribution in [3.63, 3.8) is 0 Å². The number of halogens is 1. The van der Waals surface area contributed by atoms with Crippen molar-refractivity contribution in [2.45, 2.75) is 25.0 Å². The molecule has 0 aliphatic heterocycles. The van der Waals surface area contributed by atoms with Crippen LogP contribution in [0, 0.1) is 0 Å². The van der Waals surface area contributed by atoms with E-state index in [-0.39, 0.29) is 12.4 Å². The van der Waals surface area contributed by atoms with E-state index < -0.39 is 0 Å². The first-order chi connectivity index (χ1) is 5.43. The van der Waals surface area contributed by atoms with Crippen LogP contribution in [0.5, 0.6) is 0 Å². The summed E-state index contributed by atoms with van der Waals surface area (Å²) >= 11 is 0.544. The second kappa shape index (κ2) is 7.68. The van der Waals surface area contributed by atoms with E-state index in [1.165, 1.54) is 18.1 Å². The Morgan fingerprint density at radius 2 is 1.83 bits per heavy atom. The van der Waals surface area contributed by atoms with Gasteiger partial charge in [0.2, 0.25) is 15.2 Å². The first kappa shape index (κ1) is 12.0. The minimum absolute atomic E-state index is 0. The Bertz CT molecular complexity index is 186. The Balaban J connectivity index is 0.00000121. The molecule has 0 amide bonds. The molecular weight excluding hydrogens is 183 g/mol. The molecule has 65 valence electrons. The molecule has 0 nitrogen and oxygen atoms in total. The highest BCUT2D eigenvalue weighted by Crippen LogP contribution is 1.93. The fourth-order valence-corrected chi connectivity index (χ4v) is 2.50. The van der Waals surface area contributed by atoms with Gasteiger partial charge in [0.1, 0.15) is 0 Å². The smallest absolute Gasteiger partial charge is 0.147 e. The highest BCUT2D eigenvalue weighted by molar-refractivity contribution is 6.53. The number of unbranched alkanes of at least 4 members (excludes halogenated alkanes) is 1. The highest BCUT2D eigenvalue weighted by atomic mass is 35.5. The summed E-state index contributed by atoms with van der Waals surface area (Å²) in [5.74, 6) is 0. The SMILES string of the molecule is CCC[CH2][Al][c]1ccccc1.Cl. The minimum atomic E-state index is 0. The van der Waals surface area contributed by atoms with E-state index in [0.717, 1.165) is 0 Å². The Morgan fingerprint density at radius 1 is 1.17 bits per heavy atom. The third-order valence-corrected chi connectivity index (χ3v) is 3.29. The van der Waals surface area contributed by atoms with Crippen molar-refractivity contribution in [3.05, 3.63) is 30.3 Å². The van der Waals surface area contributed by atoms with Gasteiger partial charge in [0, 0.05) is 0 Å². The summed E-state index contributed by atoms with van der Waals surface area (Å²) in [6, 6.07) is 10.8. The first-order valence-corrected chi connectivity index (χ1v) is 5.71. The number of benzene rings is 1. The molecule has 0 saturated heterocycles. The normalized spacial score (nSPS) is 8.75. The third-order valence-electron chi connectivity index (χ3n) is 1.74. The maximum Gasteiger partial charge on any atom is 0.250 e. The standard InChI is InChI=1S/C6H5.C4H9.Al.ClH/c1-2-4-6-5-3-1;1-3-4-2;;/h1-5H;1,3-4H2,2H3;;1H. The van der Waals surface area contributed by atoms with Crippen LogP contribution in [0.3, 0.4) is 0 Å². The molecule has 1 rings (SSSR count). The maximum atomic E-state index is 2.25. The lowest BCUT2D eigenvalue weighted by Crippen LogP contribution is -2.11. The van der Waals surface area contributed by atoms with Gasteiger partial charge in [-0.05, 0) is 0 Å². The summed E-state index contributed by atoms with van der Waals surface area (Å²) in [5.41, 5.74) is 0. The topological polar surface area (TPSA) is 0 Å². The van der Waals surface area contributed by atoms with Gasteiger partial charge in [-0.15, -0.1) is 16.8 Å². The van der Waals surface area contributed by atoms with Gasteiger partial charge in [0.15, 0.2) is 0 Å². The molecular formula is C10H15AlCl. The molecule has 0 bridgehead atoms. The average Bonchev–Trinajstić information content (AvgIpc) is 2.07. The minimum Gasteiger partial charge on any atom is -0.147 e. The number of hydrogen-bond acceptors (Lipinski definition) is 0. The van der Waals surface area contributed by atoms with Crippen LogP contribution in [0.25, 0.3) is 0 Å². The molecule has 0 aliphatic carbocycles. The summed E-state index contributed by atoms with van der Waals surface area (Å²) < 4.78 is 1.56. The average molecular weight is 198 g/mol. The molecule has 12 heavy (non-hydrogen) atoms. The largest absolute Gasteiger partial charge is 0.250 e. The summed E-state index contributed by atoms with van der Waals surface area (Å²) in [4.78, 5) is 0.